The molecule has 4 heteroatoms. The number of nitrogens with one attached hydrogen (secondary N) is 1. The van der Waals surface area contributed by atoms with Crippen LogP contribution in [-0.2, 0) is 28.0 Å². The molecular weight excluding hydrogens is 396 g/mol. The molecule has 2 rings (SSSR count). The maximum Gasteiger partial charge on any atom is 0.243 e. The second-order valence-electron chi connectivity index (χ2n) is 9.70. The fourth-order valence-electron chi connectivity index (χ4n) is 3.71. The molecule has 0 fully saturated rings. The van der Waals surface area contributed by atoms with Crippen LogP contribution in [-0.4, -0.2) is 28.8 Å². The summed E-state index contributed by atoms with van der Waals surface area (Å²) in [6, 6.07) is 18.0. The van der Waals surface area contributed by atoms with Gasteiger partial charge in [-0.3, -0.25) is 9.59 Å². The van der Waals surface area contributed by atoms with Crippen molar-refractivity contribution < 1.29 is 9.59 Å². The predicted molar refractivity (Wildman–Crippen MR) is 132 cm³/mol. The second-order valence-corrected chi connectivity index (χ2v) is 9.70. The van der Waals surface area contributed by atoms with Crippen LogP contribution >= 0.6 is 0 Å². The van der Waals surface area contributed by atoms with E-state index in [2.05, 4.69) is 50.4 Å². The molecule has 32 heavy (non-hydrogen) atoms. The molecule has 0 aliphatic carbocycles. The van der Waals surface area contributed by atoms with E-state index in [1.807, 2.05) is 51.1 Å². The van der Waals surface area contributed by atoms with Crippen LogP contribution < -0.4 is 5.32 Å². The molecule has 1 N–H and O–H groups in total. The monoisotopic (exact) mass is 436 g/mol. The molecule has 0 aromatic heterocycles. The summed E-state index contributed by atoms with van der Waals surface area (Å²) in [5.41, 5.74) is 3.57. The van der Waals surface area contributed by atoms with Gasteiger partial charge < -0.3 is 10.2 Å². The highest BCUT2D eigenvalue weighted by atomic mass is 16.2. The molecule has 0 aliphatic heterocycles. The molecule has 4 nitrogen and oxygen atoms in total. The van der Waals surface area contributed by atoms with Gasteiger partial charge in [0.2, 0.25) is 11.8 Å². The van der Waals surface area contributed by atoms with Gasteiger partial charge in [-0.25, -0.2) is 0 Å². The smallest absolute Gasteiger partial charge is 0.243 e. The van der Waals surface area contributed by atoms with E-state index in [1.165, 1.54) is 5.56 Å². The van der Waals surface area contributed by atoms with Crippen molar-refractivity contribution in [2.75, 3.05) is 0 Å². The molecular formula is C28H40N2O2. The van der Waals surface area contributed by atoms with Gasteiger partial charge in [0.1, 0.15) is 6.04 Å². The SMILES string of the molecule is CC[C@@H](C)NC(=O)[C@@H](CC)N(Cc1ccccc1)C(=O)CCc1ccc(C(C)(C)C)cc1. The molecule has 0 heterocycles. The molecule has 0 spiro atoms. The Hall–Kier alpha value is -2.62. The van der Waals surface area contributed by atoms with Crippen molar-refractivity contribution in [1.29, 1.82) is 0 Å². The first-order chi connectivity index (χ1) is 15.2. The zero-order chi connectivity index (χ0) is 23.7. The van der Waals surface area contributed by atoms with Crippen LogP contribution in [0.4, 0.5) is 0 Å². The first-order valence-corrected chi connectivity index (χ1v) is 11.9. The number of hydrogen-bond acceptors (Lipinski definition) is 2. The second kappa shape index (κ2) is 11.8. The van der Waals surface area contributed by atoms with Gasteiger partial charge in [-0.1, -0.05) is 89.2 Å². The van der Waals surface area contributed by atoms with E-state index in [0.29, 0.717) is 25.8 Å². The summed E-state index contributed by atoms with van der Waals surface area (Å²) in [6.07, 6.45) is 2.49. The van der Waals surface area contributed by atoms with Gasteiger partial charge in [-0.05, 0) is 48.3 Å². The van der Waals surface area contributed by atoms with E-state index < -0.39 is 6.04 Å². The fourth-order valence-corrected chi connectivity index (χ4v) is 3.71. The van der Waals surface area contributed by atoms with E-state index in [4.69, 9.17) is 0 Å². The van der Waals surface area contributed by atoms with Crippen LogP contribution in [0, 0.1) is 0 Å². The molecule has 0 bridgehead atoms. The molecule has 2 aromatic rings. The quantitative estimate of drug-likeness (QED) is 0.524. The minimum Gasteiger partial charge on any atom is -0.352 e. The summed E-state index contributed by atoms with van der Waals surface area (Å²) in [4.78, 5) is 28.1. The average Bonchev–Trinajstić information content (AvgIpc) is 2.77. The normalized spacial score (nSPS) is 13.3. The van der Waals surface area contributed by atoms with Gasteiger partial charge in [0.05, 0.1) is 0 Å². The number of hydrogen-bond donors (Lipinski definition) is 1. The van der Waals surface area contributed by atoms with Crippen molar-refractivity contribution in [3.63, 3.8) is 0 Å². The number of aryl methyl sites for hydroxylation is 1. The number of amides is 2. The summed E-state index contributed by atoms with van der Waals surface area (Å²) in [6.45, 7) is 13.0. The molecule has 174 valence electrons. The highest BCUT2D eigenvalue weighted by molar-refractivity contribution is 5.87. The summed E-state index contributed by atoms with van der Waals surface area (Å²) in [5.74, 6) is -0.0550. The molecule has 2 aromatic carbocycles. The van der Waals surface area contributed by atoms with Crippen molar-refractivity contribution in [1.82, 2.24) is 10.2 Å². The lowest BCUT2D eigenvalue weighted by atomic mass is 9.86. The van der Waals surface area contributed by atoms with E-state index in [1.54, 1.807) is 4.90 Å². The van der Waals surface area contributed by atoms with Crippen molar-refractivity contribution in [3.05, 3.63) is 71.3 Å². The molecule has 0 unspecified atom stereocenters. The van der Waals surface area contributed by atoms with Crippen LogP contribution in [0.3, 0.4) is 0 Å². The zero-order valence-corrected chi connectivity index (χ0v) is 20.7. The summed E-state index contributed by atoms with van der Waals surface area (Å²) in [5, 5.41) is 3.06. The Labute approximate surface area is 194 Å². The maximum atomic E-state index is 13.4. The number of nitrogens with zero attached hydrogens (tertiary/aromatic N) is 1. The van der Waals surface area contributed by atoms with Crippen LogP contribution in [0.5, 0.6) is 0 Å². The van der Waals surface area contributed by atoms with Gasteiger partial charge >= 0.3 is 0 Å². The number of carbonyl (C=O) groups excluding carboxylic acids is 2. The lowest BCUT2D eigenvalue weighted by Gasteiger charge is -2.31. The van der Waals surface area contributed by atoms with Gasteiger partial charge in [-0.15, -0.1) is 0 Å². The highest BCUT2D eigenvalue weighted by Crippen LogP contribution is 2.23. The van der Waals surface area contributed by atoms with Gasteiger partial charge in [0, 0.05) is 19.0 Å². The number of benzene rings is 2. The third kappa shape index (κ3) is 7.51. The number of rotatable bonds is 10. The van der Waals surface area contributed by atoms with Crippen LogP contribution in [0.1, 0.15) is 77.5 Å². The van der Waals surface area contributed by atoms with Crippen molar-refractivity contribution in [3.8, 4) is 0 Å². The summed E-state index contributed by atoms with van der Waals surface area (Å²) >= 11 is 0. The van der Waals surface area contributed by atoms with E-state index in [0.717, 1.165) is 17.5 Å². The van der Waals surface area contributed by atoms with Gasteiger partial charge in [-0.2, -0.15) is 0 Å². The third-order valence-corrected chi connectivity index (χ3v) is 6.03. The first kappa shape index (κ1) is 25.6. The Bertz CT molecular complexity index is 853. The highest BCUT2D eigenvalue weighted by Gasteiger charge is 2.29. The third-order valence-electron chi connectivity index (χ3n) is 6.03. The predicted octanol–water partition coefficient (Wildman–Crippen LogP) is 5.64. The Morgan fingerprint density at radius 1 is 0.906 bits per heavy atom. The minimum atomic E-state index is -0.472. The molecule has 0 saturated heterocycles. The Morgan fingerprint density at radius 2 is 1.53 bits per heavy atom. The minimum absolute atomic E-state index is 0.0138. The van der Waals surface area contributed by atoms with Gasteiger partial charge in [0.15, 0.2) is 0 Å². The van der Waals surface area contributed by atoms with Gasteiger partial charge in [0.25, 0.3) is 0 Å². The molecule has 0 saturated carbocycles. The molecule has 0 radical (unpaired) electrons. The largest absolute Gasteiger partial charge is 0.352 e. The molecule has 2 atom stereocenters. The van der Waals surface area contributed by atoms with Crippen LogP contribution in [0.2, 0.25) is 0 Å². The summed E-state index contributed by atoms with van der Waals surface area (Å²) < 4.78 is 0. The van der Waals surface area contributed by atoms with E-state index in [-0.39, 0.29) is 23.3 Å². The van der Waals surface area contributed by atoms with Crippen LogP contribution in [0.25, 0.3) is 0 Å². The standard InChI is InChI=1S/C28H40N2O2/c1-7-21(3)29-27(32)25(8-2)30(20-23-12-10-9-11-13-23)26(31)19-16-22-14-17-24(18-15-22)28(4,5)6/h9-15,17-18,21,25H,7-8,16,19-20H2,1-6H3,(H,29,32)/t21-,25-/m1/s1. The first-order valence-electron chi connectivity index (χ1n) is 11.9. The Balaban J connectivity index is 2.16. The summed E-state index contributed by atoms with van der Waals surface area (Å²) in [7, 11) is 0. The van der Waals surface area contributed by atoms with Crippen molar-refractivity contribution in [2.45, 2.75) is 91.3 Å². The lowest BCUT2D eigenvalue weighted by molar-refractivity contribution is -0.141. The van der Waals surface area contributed by atoms with E-state index in [9.17, 15) is 9.59 Å². The molecule has 2 amide bonds. The van der Waals surface area contributed by atoms with Crippen molar-refractivity contribution in [2.24, 2.45) is 0 Å². The maximum absolute atomic E-state index is 13.4. The lowest BCUT2D eigenvalue weighted by Crippen LogP contribution is -2.50. The zero-order valence-electron chi connectivity index (χ0n) is 20.7. The topological polar surface area (TPSA) is 49.4 Å². The Kier molecular flexibility index (Phi) is 9.49. The van der Waals surface area contributed by atoms with Crippen molar-refractivity contribution >= 4 is 11.8 Å². The average molecular weight is 437 g/mol. The Morgan fingerprint density at radius 3 is 2.06 bits per heavy atom. The number of carbonyl (C=O) groups is 2. The fraction of sp³-hybridized carbons (Fsp3) is 0.500. The van der Waals surface area contributed by atoms with Crippen LogP contribution in [0.15, 0.2) is 54.6 Å². The molecule has 0 aliphatic rings. The van der Waals surface area contributed by atoms with E-state index >= 15 is 0 Å².